The van der Waals surface area contributed by atoms with Crippen LogP contribution in [0, 0.1) is 0 Å². The molecular weight excluding hydrogens is 482 g/mol. The minimum atomic E-state index is -0.600. The van der Waals surface area contributed by atoms with Crippen LogP contribution in [0.3, 0.4) is 0 Å². The molecule has 2 aromatic carbocycles. The third-order valence-electron chi connectivity index (χ3n) is 6.57. The van der Waals surface area contributed by atoms with Gasteiger partial charge in [0.25, 0.3) is 0 Å². The Balaban J connectivity index is 1.91. The first kappa shape index (κ1) is 29.1. The van der Waals surface area contributed by atoms with Crippen molar-refractivity contribution in [3.63, 3.8) is 0 Å². The summed E-state index contributed by atoms with van der Waals surface area (Å²) >= 11 is 0. The van der Waals surface area contributed by atoms with Crippen LogP contribution in [0.15, 0.2) is 36.4 Å². The molecule has 1 aliphatic rings. The Kier molecular flexibility index (Phi) is 9.18. The lowest BCUT2D eigenvalue weighted by Gasteiger charge is -2.32. The standard InChI is InChI=1S/C30H43N3O5/c1-29(2,3)24-18-23(37-7)19-25(26(24)34)32-27(35)33(21-12-10-8-9-11-13-21)22-16-14-20(15-17-22)31-28(36)38-30(4,5)6/h14-19,21,34H,8-13H2,1-7H3,(H,31,36)(H,32,35). The fraction of sp³-hybridized carbons (Fsp3) is 0.533. The Morgan fingerprint density at radius 2 is 1.53 bits per heavy atom. The minimum Gasteiger partial charge on any atom is -0.505 e. The van der Waals surface area contributed by atoms with Crippen molar-refractivity contribution in [3.05, 3.63) is 42.0 Å². The number of rotatable bonds is 5. The monoisotopic (exact) mass is 525 g/mol. The van der Waals surface area contributed by atoms with Gasteiger partial charge >= 0.3 is 12.1 Å². The molecule has 2 aromatic rings. The lowest BCUT2D eigenvalue weighted by molar-refractivity contribution is 0.0636. The van der Waals surface area contributed by atoms with Gasteiger partial charge in [-0.15, -0.1) is 0 Å². The van der Waals surface area contributed by atoms with Crippen molar-refractivity contribution in [2.45, 2.75) is 97.1 Å². The maximum absolute atomic E-state index is 13.8. The number of methoxy groups -OCH3 is 1. The normalized spacial score (nSPS) is 14.8. The number of anilines is 3. The molecule has 0 unspecified atom stereocenters. The van der Waals surface area contributed by atoms with Crippen molar-refractivity contribution in [3.8, 4) is 11.5 Å². The van der Waals surface area contributed by atoms with E-state index in [1.165, 1.54) is 0 Å². The Hall–Kier alpha value is -3.42. The number of aromatic hydroxyl groups is 1. The zero-order valence-corrected chi connectivity index (χ0v) is 23.8. The number of phenols is 1. The van der Waals surface area contributed by atoms with Crippen LogP contribution in [0.1, 0.15) is 85.6 Å². The molecule has 0 aliphatic heterocycles. The van der Waals surface area contributed by atoms with E-state index in [9.17, 15) is 14.7 Å². The average molecular weight is 526 g/mol. The van der Waals surface area contributed by atoms with E-state index in [4.69, 9.17) is 9.47 Å². The second-order valence-electron chi connectivity index (χ2n) is 11.9. The summed E-state index contributed by atoms with van der Waals surface area (Å²) in [6.07, 6.45) is 5.64. The number of hydrogen-bond acceptors (Lipinski definition) is 5. The van der Waals surface area contributed by atoms with Crippen molar-refractivity contribution in [2.24, 2.45) is 0 Å². The highest BCUT2D eigenvalue weighted by Gasteiger charge is 2.29. The van der Waals surface area contributed by atoms with E-state index < -0.39 is 11.7 Å². The van der Waals surface area contributed by atoms with Crippen molar-refractivity contribution in [1.82, 2.24) is 0 Å². The molecule has 3 amide bonds. The molecule has 3 rings (SSSR count). The number of carbonyl (C=O) groups excluding carboxylic acids is 2. The molecule has 38 heavy (non-hydrogen) atoms. The third-order valence-corrected chi connectivity index (χ3v) is 6.57. The molecule has 208 valence electrons. The number of phenolic OH excluding ortho intramolecular Hbond substituents is 1. The third kappa shape index (κ3) is 7.79. The summed E-state index contributed by atoms with van der Waals surface area (Å²) in [5.41, 5.74) is 1.33. The molecule has 1 fully saturated rings. The number of ether oxygens (including phenoxy) is 2. The van der Waals surface area contributed by atoms with Crippen LogP contribution in [-0.2, 0) is 10.2 Å². The fourth-order valence-electron chi connectivity index (χ4n) is 4.71. The van der Waals surface area contributed by atoms with Crippen molar-refractivity contribution in [1.29, 1.82) is 0 Å². The van der Waals surface area contributed by atoms with Crippen molar-refractivity contribution < 1.29 is 24.2 Å². The van der Waals surface area contributed by atoms with Gasteiger partial charge in [-0.2, -0.15) is 0 Å². The first-order chi connectivity index (χ1) is 17.8. The van der Waals surface area contributed by atoms with Crippen LogP contribution in [0.25, 0.3) is 0 Å². The first-order valence-electron chi connectivity index (χ1n) is 13.4. The van der Waals surface area contributed by atoms with Gasteiger partial charge in [0.15, 0.2) is 0 Å². The number of benzene rings is 2. The first-order valence-corrected chi connectivity index (χ1v) is 13.4. The predicted molar refractivity (Wildman–Crippen MR) is 153 cm³/mol. The number of carbonyl (C=O) groups is 2. The van der Waals surface area contributed by atoms with Crippen LogP contribution in [0.2, 0.25) is 0 Å². The molecule has 0 atom stereocenters. The molecule has 0 saturated heterocycles. The lowest BCUT2D eigenvalue weighted by atomic mass is 9.85. The summed E-state index contributed by atoms with van der Waals surface area (Å²) in [7, 11) is 1.56. The zero-order valence-electron chi connectivity index (χ0n) is 23.8. The topological polar surface area (TPSA) is 100 Å². The average Bonchev–Trinajstić information content (AvgIpc) is 3.09. The van der Waals surface area contributed by atoms with Crippen molar-refractivity contribution in [2.75, 3.05) is 22.6 Å². The van der Waals surface area contributed by atoms with E-state index >= 15 is 0 Å². The van der Waals surface area contributed by atoms with Gasteiger partial charge in [0.2, 0.25) is 0 Å². The smallest absolute Gasteiger partial charge is 0.412 e. The Labute approximate surface area is 226 Å². The number of nitrogens with zero attached hydrogens (tertiary/aromatic N) is 1. The lowest BCUT2D eigenvalue weighted by Crippen LogP contribution is -2.43. The van der Waals surface area contributed by atoms with Crippen LogP contribution in [-0.4, -0.2) is 36.0 Å². The maximum Gasteiger partial charge on any atom is 0.412 e. The molecule has 0 heterocycles. The molecule has 0 spiro atoms. The number of urea groups is 1. The van der Waals surface area contributed by atoms with Gasteiger partial charge in [-0.25, -0.2) is 9.59 Å². The Morgan fingerprint density at radius 1 is 0.921 bits per heavy atom. The SMILES string of the molecule is COc1cc(NC(=O)N(c2ccc(NC(=O)OC(C)(C)C)cc2)C2CCCCCC2)c(O)c(C(C)(C)C)c1. The molecule has 0 aromatic heterocycles. The van der Waals surface area contributed by atoms with Gasteiger partial charge in [-0.1, -0.05) is 46.5 Å². The minimum absolute atomic E-state index is 0.0111. The number of amides is 3. The van der Waals surface area contributed by atoms with Gasteiger partial charge in [0, 0.05) is 29.0 Å². The van der Waals surface area contributed by atoms with Gasteiger partial charge < -0.3 is 19.9 Å². The molecule has 1 aliphatic carbocycles. The molecule has 0 bridgehead atoms. The molecule has 1 saturated carbocycles. The second-order valence-corrected chi connectivity index (χ2v) is 11.9. The van der Waals surface area contributed by atoms with E-state index in [0.717, 1.165) is 38.5 Å². The van der Waals surface area contributed by atoms with E-state index in [0.29, 0.717) is 28.4 Å². The maximum atomic E-state index is 13.8. The zero-order chi connectivity index (χ0) is 28.1. The molecule has 0 radical (unpaired) electrons. The van der Waals surface area contributed by atoms with Crippen LogP contribution >= 0.6 is 0 Å². The Morgan fingerprint density at radius 3 is 2.05 bits per heavy atom. The largest absolute Gasteiger partial charge is 0.505 e. The summed E-state index contributed by atoms with van der Waals surface area (Å²) in [4.78, 5) is 27.8. The highest BCUT2D eigenvalue weighted by Crippen LogP contribution is 2.40. The van der Waals surface area contributed by atoms with E-state index in [-0.39, 0.29) is 23.2 Å². The summed E-state index contributed by atoms with van der Waals surface area (Å²) in [5.74, 6) is 0.589. The van der Waals surface area contributed by atoms with Crippen LogP contribution in [0.5, 0.6) is 11.5 Å². The predicted octanol–water partition coefficient (Wildman–Crippen LogP) is 7.81. The number of nitrogens with one attached hydrogen (secondary N) is 2. The molecule has 8 heteroatoms. The van der Waals surface area contributed by atoms with Gasteiger partial charge in [0.1, 0.15) is 17.1 Å². The summed E-state index contributed by atoms with van der Waals surface area (Å²) in [5, 5.41) is 16.8. The van der Waals surface area contributed by atoms with Gasteiger partial charge in [0.05, 0.1) is 12.8 Å². The van der Waals surface area contributed by atoms with Crippen LogP contribution < -0.4 is 20.3 Å². The quantitative estimate of drug-likeness (QED) is 0.273. The van der Waals surface area contributed by atoms with Crippen LogP contribution in [0.4, 0.5) is 26.7 Å². The van der Waals surface area contributed by atoms with E-state index in [1.807, 2.05) is 53.7 Å². The molecule has 8 nitrogen and oxygen atoms in total. The van der Waals surface area contributed by atoms with E-state index in [1.54, 1.807) is 36.3 Å². The van der Waals surface area contributed by atoms with Gasteiger partial charge in [-0.05, 0) is 69.4 Å². The molecular formula is C30H43N3O5. The summed E-state index contributed by atoms with van der Waals surface area (Å²) < 4.78 is 10.8. The molecule has 3 N–H and O–H groups in total. The second kappa shape index (κ2) is 12.0. The summed E-state index contributed by atoms with van der Waals surface area (Å²) in [6.45, 7) is 11.4. The van der Waals surface area contributed by atoms with E-state index in [2.05, 4.69) is 10.6 Å². The number of hydrogen-bond donors (Lipinski definition) is 3. The van der Waals surface area contributed by atoms with Gasteiger partial charge in [-0.3, -0.25) is 10.2 Å². The fourth-order valence-corrected chi connectivity index (χ4v) is 4.71. The summed E-state index contributed by atoms with van der Waals surface area (Å²) in [6, 6.07) is 10.3. The van der Waals surface area contributed by atoms with Crippen molar-refractivity contribution >= 4 is 29.2 Å². The Bertz CT molecular complexity index is 1110. The highest BCUT2D eigenvalue weighted by molar-refractivity contribution is 6.03. The highest BCUT2D eigenvalue weighted by atomic mass is 16.6.